The Morgan fingerprint density at radius 1 is 1.18 bits per heavy atom. The van der Waals surface area contributed by atoms with Crippen molar-refractivity contribution in [3.05, 3.63) is 18.2 Å². The predicted molar refractivity (Wildman–Crippen MR) is 85.1 cm³/mol. The summed E-state index contributed by atoms with van der Waals surface area (Å²) >= 11 is 0. The van der Waals surface area contributed by atoms with Crippen LogP contribution in [0.3, 0.4) is 0 Å². The molecule has 0 radical (unpaired) electrons. The second kappa shape index (κ2) is 5.40. The fraction of sp³-hybridized carbons (Fsp3) is 0.600. The van der Waals surface area contributed by atoms with Crippen molar-refractivity contribution in [2.24, 2.45) is 5.14 Å². The molecular formula is C15H24N2O4S. The Morgan fingerprint density at radius 2 is 1.73 bits per heavy atom. The molecule has 1 aromatic rings. The third-order valence-electron chi connectivity index (χ3n) is 3.56. The van der Waals surface area contributed by atoms with E-state index in [1.165, 1.54) is 6.07 Å². The minimum Gasteiger partial charge on any atom is -0.489 e. The minimum atomic E-state index is -3.90. The Kier molecular flexibility index (Phi) is 4.18. The summed E-state index contributed by atoms with van der Waals surface area (Å²) in [7, 11) is -3.90. The lowest BCUT2D eigenvalue weighted by Gasteiger charge is -2.45. The molecule has 6 nitrogen and oxygen atoms in total. The van der Waals surface area contributed by atoms with Gasteiger partial charge in [0.25, 0.3) is 0 Å². The van der Waals surface area contributed by atoms with Gasteiger partial charge in [-0.2, -0.15) is 0 Å². The van der Waals surface area contributed by atoms with Gasteiger partial charge in [-0.25, -0.2) is 13.6 Å². The topological polar surface area (TPSA) is 105 Å². The highest BCUT2D eigenvalue weighted by molar-refractivity contribution is 7.89. The van der Waals surface area contributed by atoms with Crippen LogP contribution in [0.2, 0.25) is 0 Å². The van der Waals surface area contributed by atoms with Crippen molar-refractivity contribution in [3.63, 3.8) is 0 Å². The van der Waals surface area contributed by atoms with Crippen LogP contribution in [0.15, 0.2) is 23.1 Å². The van der Waals surface area contributed by atoms with E-state index in [9.17, 15) is 8.42 Å². The first-order chi connectivity index (χ1) is 9.88. The van der Waals surface area contributed by atoms with Gasteiger partial charge in [0.1, 0.15) is 16.7 Å². The predicted octanol–water partition coefficient (Wildman–Crippen LogP) is 2.03. The van der Waals surface area contributed by atoms with Gasteiger partial charge in [-0.15, -0.1) is 0 Å². The van der Waals surface area contributed by atoms with E-state index in [2.05, 4.69) is 0 Å². The van der Waals surface area contributed by atoms with Crippen LogP contribution in [-0.4, -0.2) is 25.7 Å². The smallest absolute Gasteiger partial charge is 0.241 e. The monoisotopic (exact) mass is 328 g/mol. The fourth-order valence-electron chi connectivity index (χ4n) is 3.11. The number of rotatable bonds is 3. The van der Waals surface area contributed by atoms with E-state index in [1.807, 2.05) is 27.7 Å². The number of primary sulfonamides is 1. The normalized spacial score (nSPS) is 21.5. The molecule has 1 aromatic carbocycles. The molecule has 1 aliphatic rings. The quantitative estimate of drug-likeness (QED) is 0.826. The molecular weight excluding hydrogens is 304 g/mol. The number of sulfonamides is 1. The van der Waals surface area contributed by atoms with Crippen LogP contribution in [-0.2, 0) is 14.8 Å². The second-order valence-electron chi connectivity index (χ2n) is 7.02. The average Bonchev–Trinajstić information content (AvgIpc) is 2.25. The highest BCUT2D eigenvalue weighted by atomic mass is 32.2. The standard InChI is InChI=1S/C15H24N2O4S/c1-14(2)8-11(9-15(3,4)21-14)20-12-6-5-10(16)7-13(12)22(17,18)19/h5-7,11H,8-9,16H2,1-4H3,(H2,17,18,19). The minimum absolute atomic E-state index is 0.0883. The zero-order valence-corrected chi connectivity index (χ0v) is 14.2. The zero-order valence-electron chi connectivity index (χ0n) is 13.4. The summed E-state index contributed by atoms with van der Waals surface area (Å²) in [6.07, 6.45) is 1.15. The number of hydrogen-bond donors (Lipinski definition) is 2. The molecule has 1 heterocycles. The summed E-state index contributed by atoms with van der Waals surface area (Å²) in [6, 6.07) is 4.46. The SMILES string of the molecule is CC1(C)CC(Oc2ccc(N)cc2S(N)(=O)=O)CC(C)(C)O1. The van der Waals surface area contributed by atoms with E-state index >= 15 is 0 Å². The van der Waals surface area contributed by atoms with Gasteiger partial charge in [0.2, 0.25) is 10.0 Å². The molecule has 0 aromatic heterocycles. The molecule has 0 atom stereocenters. The van der Waals surface area contributed by atoms with Crippen molar-refractivity contribution >= 4 is 15.7 Å². The second-order valence-corrected chi connectivity index (χ2v) is 8.55. The van der Waals surface area contributed by atoms with Crippen LogP contribution < -0.4 is 15.6 Å². The molecule has 0 unspecified atom stereocenters. The Hall–Kier alpha value is -1.31. The number of benzene rings is 1. The van der Waals surface area contributed by atoms with E-state index < -0.39 is 10.0 Å². The lowest BCUT2D eigenvalue weighted by molar-refractivity contribution is -0.182. The lowest BCUT2D eigenvalue weighted by atomic mass is 9.87. The molecule has 0 bridgehead atoms. The van der Waals surface area contributed by atoms with E-state index in [0.29, 0.717) is 18.5 Å². The lowest BCUT2D eigenvalue weighted by Crippen LogP contribution is -2.49. The average molecular weight is 328 g/mol. The van der Waals surface area contributed by atoms with Gasteiger partial charge in [-0.3, -0.25) is 0 Å². The summed E-state index contributed by atoms with van der Waals surface area (Å²) in [5.41, 5.74) is 5.28. The molecule has 0 saturated carbocycles. The van der Waals surface area contributed by atoms with Crippen LogP contribution in [0.4, 0.5) is 5.69 Å². The van der Waals surface area contributed by atoms with Gasteiger partial charge < -0.3 is 15.2 Å². The zero-order chi connectivity index (χ0) is 16.8. The Balaban J connectivity index is 2.31. The Bertz CT molecular complexity index is 652. The molecule has 1 fully saturated rings. The van der Waals surface area contributed by atoms with Crippen molar-refractivity contribution < 1.29 is 17.9 Å². The molecule has 4 N–H and O–H groups in total. The highest BCUT2D eigenvalue weighted by Gasteiger charge is 2.40. The maximum atomic E-state index is 11.7. The number of nitrogens with two attached hydrogens (primary N) is 2. The molecule has 0 amide bonds. The van der Waals surface area contributed by atoms with Crippen molar-refractivity contribution in [2.45, 2.75) is 62.7 Å². The third-order valence-corrected chi connectivity index (χ3v) is 4.49. The van der Waals surface area contributed by atoms with Gasteiger partial charge in [-0.1, -0.05) is 0 Å². The summed E-state index contributed by atoms with van der Waals surface area (Å²) in [5.74, 6) is 0.232. The molecule has 0 spiro atoms. The maximum Gasteiger partial charge on any atom is 0.241 e. The van der Waals surface area contributed by atoms with Crippen LogP contribution in [0.25, 0.3) is 0 Å². The Labute approximate surface area is 131 Å². The van der Waals surface area contributed by atoms with Crippen LogP contribution in [0.5, 0.6) is 5.75 Å². The van der Waals surface area contributed by atoms with Crippen molar-refractivity contribution in [1.82, 2.24) is 0 Å². The van der Waals surface area contributed by atoms with Gasteiger partial charge >= 0.3 is 0 Å². The molecule has 7 heteroatoms. The highest BCUT2D eigenvalue weighted by Crippen LogP contribution is 2.38. The van der Waals surface area contributed by atoms with E-state index in [1.54, 1.807) is 12.1 Å². The van der Waals surface area contributed by atoms with Gasteiger partial charge in [0.05, 0.1) is 11.2 Å². The summed E-state index contributed by atoms with van der Waals surface area (Å²) in [5, 5.41) is 5.25. The van der Waals surface area contributed by atoms with Crippen LogP contribution in [0, 0.1) is 0 Å². The number of nitrogen functional groups attached to an aromatic ring is 1. The van der Waals surface area contributed by atoms with Gasteiger partial charge in [0.15, 0.2) is 0 Å². The summed E-state index contributed by atoms with van der Waals surface area (Å²) < 4.78 is 35.4. The number of ether oxygens (including phenoxy) is 2. The molecule has 1 aliphatic heterocycles. The van der Waals surface area contributed by atoms with Crippen molar-refractivity contribution in [3.8, 4) is 5.75 Å². The maximum absolute atomic E-state index is 11.7. The molecule has 2 rings (SSSR count). The molecule has 124 valence electrons. The third kappa shape index (κ3) is 4.12. The van der Waals surface area contributed by atoms with Gasteiger partial charge in [0, 0.05) is 18.5 Å². The van der Waals surface area contributed by atoms with Crippen LogP contribution >= 0.6 is 0 Å². The molecule has 1 saturated heterocycles. The van der Waals surface area contributed by atoms with E-state index in [4.69, 9.17) is 20.3 Å². The van der Waals surface area contributed by atoms with Gasteiger partial charge in [-0.05, 0) is 45.9 Å². The Morgan fingerprint density at radius 3 is 2.23 bits per heavy atom. The number of hydrogen-bond acceptors (Lipinski definition) is 5. The first-order valence-corrected chi connectivity index (χ1v) is 8.72. The van der Waals surface area contributed by atoms with E-state index in [-0.39, 0.29) is 28.0 Å². The van der Waals surface area contributed by atoms with E-state index in [0.717, 1.165) is 0 Å². The number of anilines is 1. The summed E-state index contributed by atoms with van der Waals surface area (Å²) in [4.78, 5) is -0.0883. The fourth-order valence-corrected chi connectivity index (χ4v) is 3.80. The van der Waals surface area contributed by atoms with Crippen molar-refractivity contribution in [1.29, 1.82) is 0 Å². The largest absolute Gasteiger partial charge is 0.489 e. The molecule has 22 heavy (non-hydrogen) atoms. The first-order valence-electron chi connectivity index (χ1n) is 7.17. The molecule has 0 aliphatic carbocycles. The summed E-state index contributed by atoms with van der Waals surface area (Å²) in [6.45, 7) is 7.98. The first kappa shape index (κ1) is 17.1. The van der Waals surface area contributed by atoms with Crippen molar-refractivity contribution in [2.75, 3.05) is 5.73 Å². The van der Waals surface area contributed by atoms with Crippen LogP contribution in [0.1, 0.15) is 40.5 Å².